The first kappa shape index (κ1) is 20.0. The van der Waals surface area contributed by atoms with E-state index in [1.165, 1.54) is 12.1 Å². The molecule has 1 fully saturated rings. The fraction of sp³-hybridized carbons (Fsp3) is 0.300. The van der Waals surface area contributed by atoms with Crippen LogP contribution in [0.1, 0.15) is 34.3 Å². The number of carbonyl (C=O) groups is 2. The summed E-state index contributed by atoms with van der Waals surface area (Å²) in [4.78, 5) is 24.5. The molecule has 0 bridgehead atoms. The van der Waals surface area contributed by atoms with Crippen molar-refractivity contribution in [3.8, 4) is 0 Å². The summed E-state index contributed by atoms with van der Waals surface area (Å²) in [5.41, 5.74) is 1.82. The molecule has 28 heavy (non-hydrogen) atoms. The minimum Gasteiger partial charge on any atom is -0.350 e. The average molecular weight is 401 g/mol. The van der Waals surface area contributed by atoms with Gasteiger partial charge in [0.1, 0.15) is 0 Å². The van der Waals surface area contributed by atoms with Gasteiger partial charge in [0.05, 0.1) is 11.4 Å². The number of benzene rings is 2. The normalized spacial score (nSPS) is 13.8. The fourth-order valence-corrected chi connectivity index (χ4v) is 3.95. The largest absolute Gasteiger partial charge is 0.350 e. The molecule has 1 saturated carbocycles. The molecule has 2 aromatic carbocycles. The van der Waals surface area contributed by atoms with Crippen molar-refractivity contribution in [2.24, 2.45) is 0 Å². The number of aryl methyl sites for hydroxylation is 1. The van der Waals surface area contributed by atoms with Gasteiger partial charge in [0.25, 0.3) is 5.91 Å². The van der Waals surface area contributed by atoms with Crippen LogP contribution in [0, 0.1) is 6.92 Å². The summed E-state index contributed by atoms with van der Waals surface area (Å²) >= 11 is 0. The summed E-state index contributed by atoms with van der Waals surface area (Å²) in [7, 11) is -3.65. The molecule has 3 N–H and O–H groups in total. The van der Waals surface area contributed by atoms with Crippen LogP contribution in [0.25, 0.3) is 0 Å². The molecule has 0 aromatic heterocycles. The third-order valence-electron chi connectivity index (χ3n) is 4.41. The molecule has 0 saturated heterocycles. The number of carbonyl (C=O) groups excluding carboxylic acids is 2. The molecule has 0 atom stereocenters. The minimum absolute atomic E-state index is 0.0168. The van der Waals surface area contributed by atoms with E-state index in [-0.39, 0.29) is 29.0 Å². The highest BCUT2D eigenvalue weighted by Gasteiger charge is 2.28. The number of rotatable bonds is 8. The molecule has 0 heterocycles. The van der Waals surface area contributed by atoms with Crippen molar-refractivity contribution in [3.63, 3.8) is 0 Å². The predicted molar refractivity (Wildman–Crippen MR) is 105 cm³/mol. The van der Waals surface area contributed by atoms with E-state index in [2.05, 4.69) is 15.4 Å². The van der Waals surface area contributed by atoms with Crippen LogP contribution in [0.4, 0.5) is 0 Å². The molecule has 1 aliphatic rings. The summed E-state index contributed by atoms with van der Waals surface area (Å²) in [5, 5.41) is 5.27. The highest BCUT2D eigenvalue weighted by Crippen LogP contribution is 2.23. The van der Waals surface area contributed by atoms with Gasteiger partial charge in [-0.1, -0.05) is 36.4 Å². The molecular weight excluding hydrogens is 378 g/mol. The van der Waals surface area contributed by atoms with Crippen molar-refractivity contribution in [1.29, 1.82) is 0 Å². The molecule has 1 aliphatic carbocycles. The first-order valence-electron chi connectivity index (χ1n) is 9.07. The third-order valence-corrected chi connectivity index (χ3v) is 5.92. The summed E-state index contributed by atoms with van der Waals surface area (Å²) in [6.45, 7) is 1.90. The van der Waals surface area contributed by atoms with Crippen LogP contribution in [0.15, 0.2) is 53.4 Å². The third kappa shape index (κ3) is 5.40. The SMILES string of the molecule is Cc1ccc(S(=O)(=O)NC2CC2)cc1C(=O)NCC(=O)NCc1ccccc1. The minimum atomic E-state index is -3.65. The van der Waals surface area contributed by atoms with Gasteiger partial charge in [-0.25, -0.2) is 13.1 Å². The van der Waals surface area contributed by atoms with Crippen molar-refractivity contribution in [2.45, 2.75) is 37.2 Å². The zero-order chi connectivity index (χ0) is 20.1. The lowest BCUT2D eigenvalue weighted by molar-refractivity contribution is -0.120. The van der Waals surface area contributed by atoms with E-state index < -0.39 is 15.9 Å². The van der Waals surface area contributed by atoms with Crippen LogP contribution < -0.4 is 15.4 Å². The van der Waals surface area contributed by atoms with Crippen LogP contribution in [0.2, 0.25) is 0 Å². The number of hydrogen-bond acceptors (Lipinski definition) is 4. The maximum absolute atomic E-state index is 12.5. The van der Waals surface area contributed by atoms with Crippen molar-refractivity contribution < 1.29 is 18.0 Å². The van der Waals surface area contributed by atoms with Crippen LogP contribution in [0.3, 0.4) is 0 Å². The average Bonchev–Trinajstić information content (AvgIpc) is 3.48. The number of nitrogens with one attached hydrogen (secondary N) is 3. The lowest BCUT2D eigenvalue weighted by Gasteiger charge is -2.11. The van der Waals surface area contributed by atoms with Crippen LogP contribution in [0.5, 0.6) is 0 Å². The Hall–Kier alpha value is -2.71. The van der Waals surface area contributed by atoms with Gasteiger partial charge >= 0.3 is 0 Å². The van der Waals surface area contributed by atoms with Gasteiger partial charge < -0.3 is 10.6 Å². The maximum Gasteiger partial charge on any atom is 0.252 e. The summed E-state index contributed by atoms with van der Waals surface area (Å²) in [5.74, 6) is -0.815. The smallest absolute Gasteiger partial charge is 0.252 e. The highest BCUT2D eigenvalue weighted by molar-refractivity contribution is 7.89. The summed E-state index contributed by atoms with van der Waals surface area (Å²) in [6.07, 6.45) is 1.66. The summed E-state index contributed by atoms with van der Waals surface area (Å²) in [6, 6.07) is 13.8. The lowest BCUT2D eigenvalue weighted by atomic mass is 10.1. The second-order valence-corrected chi connectivity index (χ2v) is 8.53. The first-order chi connectivity index (χ1) is 13.3. The van der Waals surface area contributed by atoms with E-state index in [9.17, 15) is 18.0 Å². The Balaban J connectivity index is 1.59. The van der Waals surface area contributed by atoms with E-state index in [1.54, 1.807) is 13.0 Å². The van der Waals surface area contributed by atoms with E-state index in [4.69, 9.17) is 0 Å². The van der Waals surface area contributed by atoms with Crippen LogP contribution in [-0.2, 0) is 21.4 Å². The zero-order valence-electron chi connectivity index (χ0n) is 15.6. The zero-order valence-corrected chi connectivity index (χ0v) is 16.4. The van der Waals surface area contributed by atoms with E-state index in [1.807, 2.05) is 30.3 Å². The topological polar surface area (TPSA) is 104 Å². The molecule has 0 radical (unpaired) electrons. The number of sulfonamides is 1. The molecule has 0 unspecified atom stereocenters. The quantitative estimate of drug-likeness (QED) is 0.623. The van der Waals surface area contributed by atoms with E-state index in [0.717, 1.165) is 18.4 Å². The monoisotopic (exact) mass is 401 g/mol. The molecule has 0 spiro atoms. The second-order valence-electron chi connectivity index (χ2n) is 6.82. The summed E-state index contributed by atoms with van der Waals surface area (Å²) < 4.78 is 27.3. The second kappa shape index (κ2) is 8.53. The molecule has 8 heteroatoms. The Morgan fingerprint density at radius 3 is 2.43 bits per heavy atom. The van der Waals surface area contributed by atoms with Gasteiger partial charge in [-0.05, 0) is 43.0 Å². The van der Waals surface area contributed by atoms with Crippen molar-refractivity contribution >= 4 is 21.8 Å². The van der Waals surface area contributed by atoms with Gasteiger partial charge in [-0.3, -0.25) is 9.59 Å². The molecular formula is C20H23N3O4S. The van der Waals surface area contributed by atoms with Crippen molar-refractivity contribution in [1.82, 2.24) is 15.4 Å². The molecule has 2 aromatic rings. The maximum atomic E-state index is 12.5. The van der Waals surface area contributed by atoms with Crippen molar-refractivity contribution in [2.75, 3.05) is 6.54 Å². The molecule has 148 valence electrons. The van der Waals surface area contributed by atoms with Gasteiger partial charge in [0, 0.05) is 18.2 Å². The Bertz CT molecular complexity index is 970. The standard InChI is InChI=1S/C20H23N3O4S/c1-14-7-10-17(28(26,27)23-16-8-9-16)11-18(14)20(25)22-13-19(24)21-12-15-5-3-2-4-6-15/h2-7,10-11,16,23H,8-9,12-13H2,1H3,(H,21,24)(H,22,25). The predicted octanol–water partition coefficient (Wildman–Crippen LogP) is 1.48. The van der Waals surface area contributed by atoms with Gasteiger partial charge in [0.15, 0.2) is 0 Å². The molecule has 0 aliphatic heterocycles. The van der Waals surface area contributed by atoms with Gasteiger partial charge in [-0.15, -0.1) is 0 Å². The van der Waals surface area contributed by atoms with Crippen LogP contribution >= 0.6 is 0 Å². The fourth-order valence-electron chi connectivity index (χ4n) is 2.62. The Labute approximate surface area is 164 Å². The van der Waals surface area contributed by atoms with Crippen molar-refractivity contribution in [3.05, 3.63) is 65.2 Å². The Morgan fingerprint density at radius 1 is 1.04 bits per heavy atom. The van der Waals surface area contributed by atoms with Gasteiger partial charge in [-0.2, -0.15) is 0 Å². The first-order valence-corrected chi connectivity index (χ1v) is 10.6. The van der Waals surface area contributed by atoms with E-state index in [0.29, 0.717) is 12.1 Å². The molecule has 7 nitrogen and oxygen atoms in total. The van der Waals surface area contributed by atoms with Gasteiger partial charge in [0.2, 0.25) is 15.9 Å². The Morgan fingerprint density at radius 2 is 1.75 bits per heavy atom. The molecule has 3 rings (SSSR count). The number of hydrogen-bond donors (Lipinski definition) is 3. The Kier molecular flexibility index (Phi) is 6.11. The highest BCUT2D eigenvalue weighted by atomic mass is 32.2. The molecule has 2 amide bonds. The number of amides is 2. The van der Waals surface area contributed by atoms with E-state index >= 15 is 0 Å². The lowest BCUT2D eigenvalue weighted by Crippen LogP contribution is -2.37. The van der Waals surface area contributed by atoms with Crippen LogP contribution in [-0.4, -0.2) is 32.8 Å².